The van der Waals surface area contributed by atoms with E-state index in [1.165, 1.54) is 23.9 Å². The predicted molar refractivity (Wildman–Crippen MR) is 160 cm³/mol. The Morgan fingerprint density at radius 3 is 2.05 bits per heavy atom. The largest absolute Gasteiger partial charge is 0.286 e. The van der Waals surface area contributed by atoms with Gasteiger partial charge in [0.25, 0.3) is 5.69 Å². The fourth-order valence-corrected chi connectivity index (χ4v) is 5.77. The highest BCUT2D eigenvalue weighted by Crippen LogP contribution is 2.48. The molecule has 10 heteroatoms. The smallest absolute Gasteiger partial charge is 0.269 e. The number of hydrazone groups is 2. The lowest BCUT2D eigenvalue weighted by Gasteiger charge is -2.43. The number of halogens is 1. The summed E-state index contributed by atoms with van der Waals surface area (Å²) in [7, 11) is 0. The highest BCUT2D eigenvalue weighted by Gasteiger charge is 2.51. The minimum absolute atomic E-state index is 0.0450. The topological polar surface area (TPSA) is 91.4 Å². The van der Waals surface area contributed by atoms with Crippen molar-refractivity contribution in [3.05, 3.63) is 148 Å². The zero-order valence-electron chi connectivity index (χ0n) is 20.8. The number of nitro benzene ring substituents is 1. The van der Waals surface area contributed by atoms with E-state index in [0.717, 1.165) is 11.3 Å². The average Bonchev–Trinajstić information content (AvgIpc) is 3.38. The number of ketones is 1. The van der Waals surface area contributed by atoms with Crippen LogP contribution in [0.25, 0.3) is 0 Å². The van der Waals surface area contributed by atoms with Gasteiger partial charge in [0.15, 0.2) is 5.04 Å². The number of Topliss-reactive ketones (excluding diaryl/α,β-unsaturated/α-hetero) is 1. The van der Waals surface area contributed by atoms with Gasteiger partial charge in [-0.05, 0) is 60.3 Å². The molecule has 0 N–H and O–H groups in total. The maximum absolute atomic E-state index is 13.6. The number of nitro groups is 1. The van der Waals surface area contributed by atoms with Crippen LogP contribution in [0, 0.1) is 10.1 Å². The average molecular weight is 566 g/mol. The van der Waals surface area contributed by atoms with Crippen molar-refractivity contribution in [3.8, 4) is 0 Å². The molecule has 0 radical (unpaired) electrons. The third-order valence-electron chi connectivity index (χ3n) is 6.39. The van der Waals surface area contributed by atoms with Crippen LogP contribution < -0.4 is 10.0 Å². The molecule has 0 aromatic heterocycles. The van der Waals surface area contributed by atoms with E-state index in [0.29, 0.717) is 22.0 Å². The third kappa shape index (κ3) is 4.66. The van der Waals surface area contributed by atoms with Crippen molar-refractivity contribution in [2.24, 2.45) is 10.2 Å². The maximum atomic E-state index is 13.6. The van der Waals surface area contributed by atoms with E-state index < -0.39 is 9.92 Å². The second-order valence-corrected chi connectivity index (χ2v) is 10.5. The molecule has 2 heterocycles. The van der Waals surface area contributed by atoms with Gasteiger partial charge in [-0.2, -0.15) is 10.2 Å². The van der Waals surface area contributed by atoms with Crippen LogP contribution in [-0.4, -0.2) is 26.5 Å². The zero-order valence-corrected chi connectivity index (χ0v) is 22.4. The minimum atomic E-state index is -1.12. The van der Waals surface area contributed by atoms with Crippen LogP contribution in [0.1, 0.15) is 15.9 Å². The van der Waals surface area contributed by atoms with Crippen molar-refractivity contribution in [2.45, 2.75) is 4.99 Å². The third-order valence-corrected chi connectivity index (χ3v) is 7.88. The Kier molecular flexibility index (Phi) is 6.67. The molecule has 0 saturated carbocycles. The highest BCUT2D eigenvalue weighted by atomic mass is 35.5. The second kappa shape index (κ2) is 10.4. The molecule has 0 saturated heterocycles. The molecule has 0 bridgehead atoms. The van der Waals surface area contributed by atoms with Gasteiger partial charge in [0.05, 0.1) is 22.0 Å². The standard InChI is InChI=1S/C30H20ClN5O3S/c31-23-13-11-21(12-14-23)27-19-20-30(34(32-27)24-9-5-2-6-10-24)35(25-15-17-26(18-16-25)36(38)39)33-29(40-30)28(37)22-7-3-1-4-8-22/h1-20H/t30-/m1/s1. The lowest BCUT2D eigenvalue weighted by atomic mass is 10.1. The first-order valence-corrected chi connectivity index (χ1v) is 13.5. The molecule has 4 aromatic rings. The number of carbonyl (C=O) groups is 1. The molecule has 0 unspecified atom stereocenters. The first-order valence-electron chi connectivity index (χ1n) is 12.3. The monoisotopic (exact) mass is 565 g/mol. The van der Waals surface area contributed by atoms with Gasteiger partial charge >= 0.3 is 0 Å². The maximum Gasteiger partial charge on any atom is 0.269 e. The number of non-ortho nitro benzene ring substituents is 1. The molecule has 40 heavy (non-hydrogen) atoms. The Hall–Kier alpha value is -4.73. The molecule has 8 nitrogen and oxygen atoms in total. The number of anilines is 2. The molecule has 0 fully saturated rings. The van der Waals surface area contributed by atoms with Crippen molar-refractivity contribution in [2.75, 3.05) is 10.0 Å². The van der Waals surface area contributed by atoms with Crippen molar-refractivity contribution < 1.29 is 9.72 Å². The molecule has 0 amide bonds. The van der Waals surface area contributed by atoms with Gasteiger partial charge in [0, 0.05) is 28.3 Å². The molecule has 4 aromatic carbocycles. The van der Waals surface area contributed by atoms with Crippen LogP contribution in [0.15, 0.2) is 132 Å². The van der Waals surface area contributed by atoms with E-state index in [1.807, 2.05) is 65.7 Å². The highest BCUT2D eigenvalue weighted by molar-refractivity contribution is 8.17. The van der Waals surface area contributed by atoms with Gasteiger partial charge in [0.1, 0.15) is 0 Å². The number of nitrogens with zero attached hydrogens (tertiary/aromatic N) is 5. The lowest BCUT2D eigenvalue weighted by molar-refractivity contribution is -0.384. The molecule has 0 aliphatic carbocycles. The van der Waals surface area contributed by atoms with E-state index in [9.17, 15) is 14.9 Å². The van der Waals surface area contributed by atoms with E-state index in [2.05, 4.69) is 0 Å². The van der Waals surface area contributed by atoms with Crippen molar-refractivity contribution in [1.29, 1.82) is 0 Å². The van der Waals surface area contributed by atoms with E-state index >= 15 is 0 Å². The SMILES string of the molecule is O=C(C1=NN(c2ccc([N+](=O)[O-])cc2)[C@]2(C=CC(c3ccc(Cl)cc3)=NN2c2ccccc2)S1)c1ccccc1. The van der Waals surface area contributed by atoms with E-state index in [4.69, 9.17) is 21.8 Å². The van der Waals surface area contributed by atoms with Crippen molar-refractivity contribution in [1.82, 2.24) is 0 Å². The van der Waals surface area contributed by atoms with Crippen LogP contribution in [0.5, 0.6) is 0 Å². The summed E-state index contributed by atoms with van der Waals surface area (Å²) in [5, 5.41) is 25.5. The summed E-state index contributed by atoms with van der Waals surface area (Å²) in [6, 6.07) is 32.0. The van der Waals surface area contributed by atoms with E-state index in [1.54, 1.807) is 53.5 Å². The first kappa shape index (κ1) is 25.5. The first-order chi connectivity index (χ1) is 19.4. The summed E-state index contributed by atoms with van der Waals surface area (Å²) >= 11 is 7.38. The zero-order chi connectivity index (χ0) is 27.7. The minimum Gasteiger partial charge on any atom is -0.286 e. The summed E-state index contributed by atoms with van der Waals surface area (Å²) in [4.78, 5) is 23.4. The Bertz CT molecular complexity index is 1680. The summed E-state index contributed by atoms with van der Waals surface area (Å²) in [5.74, 6) is -0.233. The van der Waals surface area contributed by atoms with Gasteiger partial charge in [-0.1, -0.05) is 72.3 Å². The van der Waals surface area contributed by atoms with Gasteiger partial charge in [-0.15, -0.1) is 0 Å². The fraction of sp³-hybridized carbons (Fsp3) is 0.0333. The molecule has 2 aliphatic rings. The van der Waals surface area contributed by atoms with Crippen LogP contribution in [0.3, 0.4) is 0 Å². The van der Waals surface area contributed by atoms with E-state index in [-0.39, 0.29) is 16.5 Å². The molecule has 6 rings (SSSR count). The summed E-state index contributed by atoms with van der Waals surface area (Å²) in [5.41, 5.74) is 3.34. The molecule has 1 spiro atoms. The Labute approximate surface area is 239 Å². The summed E-state index contributed by atoms with van der Waals surface area (Å²) in [6.07, 6.45) is 3.83. The Balaban J connectivity index is 1.50. The van der Waals surface area contributed by atoms with Gasteiger partial charge in [-0.25, -0.2) is 10.0 Å². The quantitative estimate of drug-likeness (QED) is 0.140. The number of rotatable bonds is 6. The second-order valence-electron chi connectivity index (χ2n) is 8.92. The number of thioether (sulfide) groups is 1. The molecular formula is C30H20ClN5O3S. The van der Waals surface area contributed by atoms with Crippen LogP contribution in [0.4, 0.5) is 17.1 Å². The van der Waals surface area contributed by atoms with Gasteiger partial charge in [0.2, 0.25) is 10.8 Å². The van der Waals surface area contributed by atoms with Crippen molar-refractivity contribution in [3.63, 3.8) is 0 Å². The summed E-state index contributed by atoms with van der Waals surface area (Å²) in [6.45, 7) is 0. The van der Waals surface area contributed by atoms with Crippen LogP contribution >= 0.6 is 23.4 Å². The molecule has 1 atom stereocenters. The lowest BCUT2D eigenvalue weighted by Crippen LogP contribution is -2.53. The van der Waals surface area contributed by atoms with Crippen molar-refractivity contribution >= 4 is 57.0 Å². The number of para-hydroxylation sites is 1. The van der Waals surface area contributed by atoms with Crippen LogP contribution in [-0.2, 0) is 0 Å². The van der Waals surface area contributed by atoms with Gasteiger partial charge < -0.3 is 0 Å². The molecule has 196 valence electrons. The number of hydrogen-bond donors (Lipinski definition) is 0. The summed E-state index contributed by atoms with van der Waals surface area (Å²) < 4.78 is 0. The molecular weight excluding hydrogens is 546 g/mol. The predicted octanol–water partition coefficient (Wildman–Crippen LogP) is 7.13. The Morgan fingerprint density at radius 1 is 0.800 bits per heavy atom. The molecule has 2 aliphatic heterocycles. The van der Waals surface area contributed by atoms with Gasteiger partial charge in [-0.3, -0.25) is 14.9 Å². The number of allylic oxidation sites excluding steroid dienone is 1. The number of hydrogen-bond acceptors (Lipinski definition) is 8. The fourth-order valence-electron chi connectivity index (χ4n) is 4.43. The number of carbonyl (C=O) groups excluding carboxylic acids is 1. The Morgan fingerprint density at radius 2 is 1.40 bits per heavy atom. The normalized spacial score (nSPS) is 18.0. The number of benzene rings is 4. The van der Waals surface area contributed by atoms with Crippen LogP contribution in [0.2, 0.25) is 5.02 Å².